The van der Waals surface area contributed by atoms with Crippen LogP contribution < -0.4 is 15.1 Å². The van der Waals surface area contributed by atoms with E-state index >= 15 is 0 Å². The second-order valence-corrected chi connectivity index (χ2v) is 8.26. The fraction of sp³-hybridized carbons (Fsp3) is 0.529. The van der Waals surface area contributed by atoms with Gasteiger partial charge in [-0.1, -0.05) is 17.3 Å². The van der Waals surface area contributed by atoms with Crippen molar-refractivity contribution >= 4 is 30.9 Å². The molecule has 116 valence electrons. The topological polar surface area (TPSA) is 52.9 Å². The van der Waals surface area contributed by atoms with Gasteiger partial charge in [-0.05, 0) is 37.2 Å². The fourth-order valence-corrected chi connectivity index (χ4v) is 5.99. The highest BCUT2D eigenvalue weighted by atomic mass is 28.2. The lowest BCUT2D eigenvalue weighted by Crippen LogP contribution is -2.65. The Hall–Kier alpha value is -1.09. The zero-order valence-corrected chi connectivity index (χ0v) is 14.8. The minimum absolute atomic E-state index is 0.137. The molecule has 6 heteroatoms. The molecule has 0 saturated carbocycles. The molecule has 0 aromatic heterocycles. The molecule has 4 aliphatic rings. The number of ether oxygens (including phenoxy) is 1. The first kappa shape index (κ1) is 14.3. The third-order valence-corrected chi connectivity index (χ3v) is 7.73. The molecule has 2 aliphatic heterocycles. The predicted octanol–water partition coefficient (Wildman–Crippen LogP) is -1.21. The first-order valence-corrected chi connectivity index (χ1v) is 9.05. The number of benzene rings is 1. The number of aliphatic hydroxyl groups excluding tert-OH is 1. The molecular weight excluding hydrogens is 322 g/mol. The fourth-order valence-electron chi connectivity index (χ4n) is 5.38. The number of piperidine rings is 1. The number of phenolic OH excluding ortho intramolecular Hbond substituents is 1. The smallest absolute Gasteiger partial charge is 0.165 e. The molecule has 1 fully saturated rings. The van der Waals surface area contributed by atoms with E-state index in [0.717, 1.165) is 30.1 Å². The maximum atomic E-state index is 10.6. The molecule has 1 spiro atoms. The van der Waals surface area contributed by atoms with Crippen molar-refractivity contribution in [1.29, 1.82) is 0 Å². The second kappa shape index (κ2) is 4.30. The summed E-state index contributed by atoms with van der Waals surface area (Å²) in [7, 11) is 9.43. The summed E-state index contributed by atoms with van der Waals surface area (Å²) in [6, 6.07) is 0.391. The van der Waals surface area contributed by atoms with E-state index in [9.17, 15) is 10.2 Å². The Morgan fingerprint density at radius 1 is 1.30 bits per heavy atom. The van der Waals surface area contributed by atoms with Crippen molar-refractivity contribution in [3.63, 3.8) is 0 Å². The predicted molar refractivity (Wildman–Crippen MR) is 88.4 cm³/mol. The van der Waals surface area contributed by atoms with Crippen LogP contribution in [0.15, 0.2) is 12.2 Å². The average Bonchev–Trinajstić information content (AvgIpc) is 2.88. The lowest BCUT2D eigenvalue weighted by molar-refractivity contribution is -0.0452. The molecule has 2 bridgehead atoms. The van der Waals surface area contributed by atoms with Crippen LogP contribution in [0.1, 0.15) is 17.5 Å². The number of likely N-dealkylation sites (N-methyl/N-ethyl adjacent to an activating group) is 1. The quantitative estimate of drug-likeness (QED) is 0.460. The van der Waals surface area contributed by atoms with E-state index in [1.807, 2.05) is 6.08 Å². The molecule has 1 aromatic rings. The van der Waals surface area contributed by atoms with Gasteiger partial charge in [-0.3, -0.25) is 0 Å². The van der Waals surface area contributed by atoms with Gasteiger partial charge >= 0.3 is 0 Å². The number of hydrogen-bond donors (Lipinski definition) is 2. The molecule has 2 N–H and O–H groups in total. The van der Waals surface area contributed by atoms with E-state index in [0.29, 0.717) is 22.9 Å². The van der Waals surface area contributed by atoms with Crippen LogP contribution in [-0.2, 0) is 11.8 Å². The number of hydrogen-bond acceptors (Lipinski definition) is 4. The summed E-state index contributed by atoms with van der Waals surface area (Å²) in [5.41, 5.74) is 2.09. The monoisotopic (exact) mass is 339 g/mol. The van der Waals surface area contributed by atoms with E-state index in [4.69, 9.17) is 4.74 Å². The van der Waals surface area contributed by atoms with Crippen LogP contribution in [0, 0.1) is 5.92 Å². The molecule has 23 heavy (non-hydrogen) atoms. The second-order valence-electron chi connectivity index (χ2n) is 7.26. The van der Waals surface area contributed by atoms with Crippen molar-refractivity contribution in [2.75, 3.05) is 13.6 Å². The lowest BCUT2D eigenvalue weighted by atomic mass is 9.53. The molecule has 6 radical (unpaired) electrons. The SMILES string of the molecule is CN1CC[C@]23c4c5c([Si])c([Si])c(O)c4O[C@H]2[C@@H](O)C=C[C@H]3[C@H]1C5. The van der Waals surface area contributed by atoms with Gasteiger partial charge in [0.05, 0.1) is 20.5 Å². The van der Waals surface area contributed by atoms with Gasteiger partial charge < -0.3 is 19.8 Å². The number of aromatic hydroxyl groups is 1. The molecule has 4 nitrogen and oxygen atoms in total. The third kappa shape index (κ3) is 1.45. The maximum Gasteiger partial charge on any atom is 0.165 e. The summed E-state index contributed by atoms with van der Waals surface area (Å²) in [5, 5.41) is 22.7. The Morgan fingerprint density at radius 2 is 2.09 bits per heavy atom. The van der Waals surface area contributed by atoms with E-state index in [1.165, 1.54) is 5.56 Å². The van der Waals surface area contributed by atoms with Gasteiger partial charge in [-0.2, -0.15) is 0 Å². The van der Waals surface area contributed by atoms with Gasteiger partial charge in [-0.15, -0.1) is 0 Å². The third-order valence-electron chi connectivity index (χ3n) is 6.44. The van der Waals surface area contributed by atoms with Gasteiger partial charge in [-0.25, -0.2) is 0 Å². The van der Waals surface area contributed by atoms with Crippen LogP contribution in [0.5, 0.6) is 11.5 Å². The van der Waals surface area contributed by atoms with E-state index in [2.05, 4.69) is 38.5 Å². The highest BCUT2D eigenvalue weighted by Gasteiger charge is 2.64. The molecule has 5 rings (SSSR count). The first-order valence-electron chi connectivity index (χ1n) is 8.05. The number of nitrogens with zero attached hydrogens (tertiary/aromatic N) is 1. The van der Waals surface area contributed by atoms with Crippen LogP contribution in [0.2, 0.25) is 0 Å². The molecule has 0 amide bonds. The summed E-state index contributed by atoms with van der Waals surface area (Å²) in [6.45, 7) is 0.980. The van der Waals surface area contributed by atoms with Crippen molar-refractivity contribution in [2.45, 2.75) is 36.5 Å². The number of rotatable bonds is 0. The largest absolute Gasteiger partial charge is 0.504 e. The van der Waals surface area contributed by atoms with Crippen LogP contribution in [0.4, 0.5) is 0 Å². The standard InChI is InChI=1S/C17H17NO3Si2/c1-18-5-4-17-8-2-3-10(19)16(17)21-13-11(17)7(6-9(8)18)14(22)15(23)12(13)20/h2-3,8-10,16,19-20H,4-6H2,1H3/t8-,9+,10-,16-,17-/m0/s1. The highest BCUT2D eigenvalue weighted by Crippen LogP contribution is 2.61. The number of aliphatic hydroxyl groups is 1. The maximum absolute atomic E-state index is 10.6. The zero-order valence-electron chi connectivity index (χ0n) is 12.8. The first-order chi connectivity index (χ1) is 11.0. The van der Waals surface area contributed by atoms with Gasteiger partial charge in [0.25, 0.3) is 0 Å². The summed E-state index contributed by atoms with van der Waals surface area (Å²) in [6.07, 6.45) is 4.95. The van der Waals surface area contributed by atoms with Crippen molar-refractivity contribution in [3.05, 3.63) is 23.3 Å². The van der Waals surface area contributed by atoms with Crippen LogP contribution in [0.3, 0.4) is 0 Å². The molecule has 5 atom stereocenters. The Morgan fingerprint density at radius 3 is 2.87 bits per heavy atom. The van der Waals surface area contributed by atoms with Gasteiger partial charge in [0.2, 0.25) is 0 Å². The highest BCUT2D eigenvalue weighted by molar-refractivity contribution is 6.50. The molecule has 1 saturated heterocycles. The normalized spacial score (nSPS) is 40.0. The van der Waals surface area contributed by atoms with Crippen molar-refractivity contribution < 1.29 is 14.9 Å². The Balaban J connectivity index is 1.88. The molecule has 2 heterocycles. The summed E-state index contributed by atoms with van der Waals surface area (Å²) >= 11 is 0. The van der Waals surface area contributed by atoms with Crippen LogP contribution in [-0.4, -0.2) is 67.4 Å². The van der Waals surface area contributed by atoms with Gasteiger partial charge in [0.1, 0.15) is 12.2 Å². The summed E-state index contributed by atoms with van der Waals surface area (Å²) < 4.78 is 6.17. The minimum Gasteiger partial charge on any atom is -0.504 e. The molecule has 1 aromatic carbocycles. The van der Waals surface area contributed by atoms with E-state index in [1.54, 1.807) is 0 Å². The van der Waals surface area contributed by atoms with Crippen molar-refractivity contribution in [1.82, 2.24) is 4.90 Å². The Labute approximate surface area is 142 Å². The van der Waals surface area contributed by atoms with Crippen molar-refractivity contribution in [3.8, 4) is 11.5 Å². The van der Waals surface area contributed by atoms with E-state index in [-0.39, 0.29) is 17.3 Å². The van der Waals surface area contributed by atoms with Crippen molar-refractivity contribution in [2.24, 2.45) is 5.92 Å². The van der Waals surface area contributed by atoms with E-state index < -0.39 is 6.10 Å². The average molecular weight is 339 g/mol. The molecule has 2 aliphatic carbocycles. The Kier molecular flexibility index (Phi) is 2.67. The molecule has 0 unspecified atom stereocenters. The molecular formula is C17H17NO3Si2. The Bertz CT molecular complexity index is 765. The minimum atomic E-state index is -0.635. The van der Waals surface area contributed by atoms with Gasteiger partial charge in [0.15, 0.2) is 11.5 Å². The summed E-state index contributed by atoms with van der Waals surface area (Å²) in [5.74, 6) is 1.01. The summed E-state index contributed by atoms with van der Waals surface area (Å²) in [4.78, 5) is 2.42. The van der Waals surface area contributed by atoms with Crippen LogP contribution >= 0.6 is 0 Å². The number of phenols is 1. The number of likely N-dealkylation sites (tertiary alicyclic amines) is 1. The van der Waals surface area contributed by atoms with Gasteiger partial charge in [0, 0.05) is 22.9 Å². The zero-order chi connectivity index (χ0) is 16.1. The van der Waals surface area contributed by atoms with Crippen LogP contribution in [0.25, 0.3) is 0 Å². The lowest BCUT2D eigenvalue weighted by Gasteiger charge is -2.56.